The Balaban J connectivity index is 0.965. The van der Waals surface area contributed by atoms with Crippen molar-refractivity contribution in [2.75, 3.05) is 0 Å². The molecule has 0 atom stereocenters. The second-order valence-corrected chi connectivity index (χ2v) is 16.6. The predicted octanol–water partition coefficient (Wildman–Crippen LogP) is 17.1. The van der Waals surface area contributed by atoms with Gasteiger partial charge in [0.15, 0.2) is 5.82 Å². The van der Waals surface area contributed by atoms with Crippen LogP contribution < -0.4 is 0 Å². The maximum atomic E-state index is 5.32. The van der Waals surface area contributed by atoms with Crippen LogP contribution in [0.5, 0.6) is 0 Å². The van der Waals surface area contributed by atoms with E-state index in [2.05, 4.69) is 267 Å². The smallest absolute Gasteiger partial charge is 0.160 e. The third kappa shape index (κ3) is 8.64. The second kappa shape index (κ2) is 18.2. The number of aromatic nitrogens is 2. The van der Waals surface area contributed by atoms with Gasteiger partial charge in [0.05, 0.1) is 11.4 Å². The van der Waals surface area contributed by atoms with Crippen molar-refractivity contribution >= 4 is 0 Å². The molecule has 0 radical (unpaired) electrons. The van der Waals surface area contributed by atoms with Crippen LogP contribution in [0.3, 0.4) is 0 Å². The van der Waals surface area contributed by atoms with Crippen molar-refractivity contribution in [1.29, 1.82) is 0 Å². The minimum Gasteiger partial charge on any atom is -0.228 e. The van der Waals surface area contributed by atoms with Gasteiger partial charge in [0, 0.05) is 16.7 Å². The number of benzene rings is 10. The third-order valence-electron chi connectivity index (χ3n) is 12.3. The molecule has 0 fully saturated rings. The summed E-state index contributed by atoms with van der Waals surface area (Å²) in [6.07, 6.45) is 0. The molecule has 2 nitrogen and oxygen atoms in total. The van der Waals surface area contributed by atoms with Gasteiger partial charge in [0.1, 0.15) is 0 Å². The summed E-state index contributed by atoms with van der Waals surface area (Å²) in [4.78, 5) is 10.6. The van der Waals surface area contributed by atoms with Gasteiger partial charge in [0.2, 0.25) is 0 Å². The number of nitrogens with zero attached hydrogens (tertiary/aromatic N) is 2. The number of hydrogen-bond donors (Lipinski definition) is 0. The van der Waals surface area contributed by atoms with Gasteiger partial charge in [-0.2, -0.15) is 0 Å². The molecule has 310 valence electrons. The zero-order valence-corrected chi connectivity index (χ0v) is 36.3. The Morgan fingerprint density at radius 1 is 0.152 bits per heavy atom. The van der Waals surface area contributed by atoms with Gasteiger partial charge in [-0.3, -0.25) is 0 Å². The van der Waals surface area contributed by atoms with Gasteiger partial charge < -0.3 is 0 Å². The fourth-order valence-electron chi connectivity index (χ4n) is 8.81. The lowest BCUT2D eigenvalue weighted by molar-refractivity contribution is 1.18. The first kappa shape index (κ1) is 40.1. The van der Waals surface area contributed by atoms with Crippen molar-refractivity contribution in [1.82, 2.24) is 9.97 Å². The van der Waals surface area contributed by atoms with Gasteiger partial charge in [-0.15, -0.1) is 0 Å². The SMILES string of the molecule is c1ccc(-c2cccc(-c3cccc(-c4ccc(-c5cc(-c6cccc(-c7cccc(-c8ccccc8)c7)c6)nc(-c6cccc(-c7cccc(-c8ccccc8)c7)c6)n5)cc4)c3)c2)cc1. The fraction of sp³-hybridized carbons (Fsp3) is 0. The minimum atomic E-state index is 0.676. The van der Waals surface area contributed by atoms with E-state index in [1.165, 1.54) is 44.5 Å². The van der Waals surface area contributed by atoms with Crippen molar-refractivity contribution in [2.24, 2.45) is 0 Å². The first-order valence-corrected chi connectivity index (χ1v) is 22.5. The van der Waals surface area contributed by atoms with Crippen molar-refractivity contribution < 1.29 is 0 Å². The summed E-state index contributed by atoms with van der Waals surface area (Å²) in [7, 11) is 0. The summed E-state index contributed by atoms with van der Waals surface area (Å²) >= 11 is 0. The average molecular weight is 841 g/mol. The largest absolute Gasteiger partial charge is 0.228 e. The van der Waals surface area contributed by atoms with Crippen LogP contribution in [0.15, 0.2) is 267 Å². The molecule has 1 aromatic heterocycles. The summed E-state index contributed by atoms with van der Waals surface area (Å²) in [5.41, 5.74) is 21.1. The summed E-state index contributed by atoms with van der Waals surface area (Å²) < 4.78 is 0. The molecular weight excluding hydrogens is 797 g/mol. The number of hydrogen-bond acceptors (Lipinski definition) is 2. The Hall–Kier alpha value is -8.72. The molecule has 0 aliphatic rings. The maximum absolute atomic E-state index is 5.32. The van der Waals surface area contributed by atoms with Crippen LogP contribution in [0.2, 0.25) is 0 Å². The molecule has 10 aromatic carbocycles. The van der Waals surface area contributed by atoms with Crippen molar-refractivity contribution in [3.63, 3.8) is 0 Å². The molecule has 0 spiro atoms. The monoisotopic (exact) mass is 840 g/mol. The summed E-state index contributed by atoms with van der Waals surface area (Å²) in [5, 5.41) is 0. The Morgan fingerprint density at radius 3 is 0.742 bits per heavy atom. The highest BCUT2D eigenvalue weighted by Gasteiger charge is 2.14. The molecule has 0 bridgehead atoms. The average Bonchev–Trinajstić information content (AvgIpc) is 3.42. The molecule has 0 saturated heterocycles. The first-order chi connectivity index (χ1) is 32.7. The Bertz CT molecular complexity index is 3300. The highest BCUT2D eigenvalue weighted by atomic mass is 14.9. The van der Waals surface area contributed by atoms with Crippen LogP contribution in [0.25, 0.3) is 112 Å². The normalized spacial score (nSPS) is 11.0. The van der Waals surface area contributed by atoms with Gasteiger partial charge in [-0.1, -0.05) is 224 Å². The minimum absolute atomic E-state index is 0.676. The van der Waals surface area contributed by atoms with Crippen LogP contribution >= 0.6 is 0 Å². The molecule has 0 amide bonds. The van der Waals surface area contributed by atoms with E-state index in [4.69, 9.17) is 9.97 Å². The van der Waals surface area contributed by atoms with Crippen LogP contribution in [0.4, 0.5) is 0 Å². The molecule has 11 aromatic rings. The summed E-state index contributed by atoms with van der Waals surface area (Å²) in [5.74, 6) is 0.676. The van der Waals surface area contributed by atoms with Crippen molar-refractivity contribution in [3.8, 4) is 112 Å². The van der Waals surface area contributed by atoms with E-state index in [0.29, 0.717) is 5.82 Å². The first-order valence-electron chi connectivity index (χ1n) is 22.5. The molecule has 0 aliphatic carbocycles. The van der Waals surface area contributed by atoms with E-state index in [9.17, 15) is 0 Å². The van der Waals surface area contributed by atoms with Gasteiger partial charge in [0.25, 0.3) is 0 Å². The molecule has 1 heterocycles. The van der Waals surface area contributed by atoms with Crippen LogP contribution in [-0.2, 0) is 0 Å². The van der Waals surface area contributed by atoms with Crippen LogP contribution in [0.1, 0.15) is 0 Å². The molecule has 0 aliphatic heterocycles. The highest BCUT2D eigenvalue weighted by Crippen LogP contribution is 2.36. The lowest BCUT2D eigenvalue weighted by Gasteiger charge is -2.13. The molecular formula is C64H44N2. The standard InChI is InChI=1S/C64H44N2/c1-4-16-45(17-5-1)50-22-10-26-54(38-50)55-27-13-25-53(41-55)48-34-36-49(37-35-48)62-44-63(60-32-14-30-58(42-60)56-28-11-23-51(39-56)46-18-6-2-7-19-46)66-64(65-62)61-33-15-31-59(43-61)57-29-12-24-52(40-57)47-20-8-3-9-21-47/h1-44H. The zero-order valence-electron chi connectivity index (χ0n) is 36.3. The summed E-state index contributed by atoms with van der Waals surface area (Å²) in [6, 6.07) is 94.9. The van der Waals surface area contributed by atoms with Gasteiger partial charge in [-0.05, 0) is 120 Å². The van der Waals surface area contributed by atoms with Crippen LogP contribution in [0, 0.1) is 0 Å². The quantitative estimate of drug-likeness (QED) is 0.137. The topological polar surface area (TPSA) is 25.8 Å². The predicted molar refractivity (Wildman–Crippen MR) is 276 cm³/mol. The molecule has 0 saturated carbocycles. The van der Waals surface area contributed by atoms with E-state index < -0.39 is 0 Å². The zero-order chi connectivity index (χ0) is 44.1. The molecule has 0 unspecified atom stereocenters. The summed E-state index contributed by atoms with van der Waals surface area (Å²) in [6.45, 7) is 0. The maximum Gasteiger partial charge on any atom is 0.160 e. The highest BCUT2D eigenvalue weighted by molar-refractivity contribution is 5.82. The molecule has 11 rings (SSSR count). The van der Waals surface area contributed by atoms with E-state index in [1.807, 2.05) is 0 Å². The third-order valence-corrected chi connectivity index (χ3v) is 12.3. The van der Waals surface area contributed by atoms with E-state index >= 15 is 0 Å². The number of rotatable bonds is 10. The van der Waals surface area contributed by atoms with Gasteiger partial charge in [-0.25, -0.2) is 9.97 Å². The lowest BCUT2D eigenvalue weighted by atomic mass is 9.95. The molecule has 66 heavy (non-hydrogen) atoms. The van der Waals surface area contributed by atoms with Crippen molar-refractivity contribution in [2.45, 2.75) is 0 Å². The van der Waals surface area contributed by atoms with Gasteiger partial charge >= 0.3 is 0 Å². The van der Waals surface area contributed by atoms with E-state index in [1.54, 1.807) is 0 Å². The Morgan fingerprint density at radius 2 is 0.379 bits per heavy atom. The van der Waals surface area contributed by atoms with E-state index in [0.717, 1.165) is 61.5 Å². The lowest BCUT2D eigenvalue weighted by Crippen LogP contribution is -1.96. The van der Waals surface area contributed by atoms with Crippen molar-refractivity contribution in [3.05, 3.63) is 267 Å². The Labute approximate surface area is 386 Å². The Kier molecular flexibility index (Phi) is 11.0. The fourth-order valence-corrected chi connectivity index (χ4v) is 8.81. The van der Waals surface area contributed by atoms with E-state index in [-0.39, 0.29) is 0 Å². The molecule has 2 heteroatoms. The molecule has 0 N–H and O–H groups in total. The van der Waals surface area contributed by atoms with Crippen LogP contribution in [-0.4, -0.2) is 9.97 Å². The second-order valence-electron chi connectivity index (χ2n) is 16.6.